The Morgan fingerprint density at radius 3 is 1.39 bits per heavy atom. The number of fused-ring (bicyclic) bond motifs is 4. The van der Waals surface area contributed by atoms with Gasteiger partial charge in [0.05, 0.1) is 27.8 Å². The molecule has 14 rings (SSSR count). The molecule has 0 atom stereocenters. The van der Waals surface area contributed by atoms with Crippen LogP contribution in [0, 0.1) is 0 Å². The molecule has 3 nitrogen and oxygen atoms in total. The maximum Gasteiger partial charge on any atom is 0.179 e. The number of rotatable bonds is 9. The Hall–Kier alpha value is -8.96. The molecule has 12 aromatic carbocycles. The molecule has 4 heteroatoms. The summed E-state index contributed by atoms with van der Waals surface area (Å²) in [6, 6.07) is 101. The standard InChI is InChI=1S/C66H45N3Si/c1-6-22-49(23-7-1)68-61-39-36-52(44-58(61)59-45-56(37-40-62(59)68)70(53-26-10-3-11-27-53,54-28-12-4-13-29-54)55-30-14-5-15-31-55)67(51-35-33-46-19-16-17-20-48(46)43-51)60-41-42-64-66-57(60)38-34-47-21-18-32-63(65(47)66)69(64)50-24-8-2-9-25-50/h1-45H. The average molecular weight is 908 g/mol. The molecule has 0 aliphatic rings. The van der Waals surface area contributed by atoms with Crippen molar-refractivity contribution in [2.24, 2.45) is 0 Å². The zero-order valence-electron chi connectivity index (χ0n) is 38.3. The first-order valence-electron chi connectivity index (χ1n) is 24.2. The molecule has 0 spiro atoms. The predicted molar refractivity (Wildman–Crippen MR) is 300 cm³/mol. The van der Waals surface area contributed by atoms with E-state index in [9.17, 15) is 0 Å². The van der Waals surface area contributed by atoms with Gasteiger partial charge < -0.3 is 14.0 Å². The van der Waals surface area contributed by atoms with Crippen LogP contribution in [0.2, 0.25) is 0 Å². The lowest BCUT2D eigenvalue weighted by Gasteiger charge is -2.34. The minimum Gasteiger partial charge on any atom is -0.310 e. The molecule has 2 heterocycles. The number of benzene rings is 12. The van der Waals surface area contributed by atoms with Gasteiger partial charge in [0.2, 0.25) is 0 Å². The van der Waals surface area contributed by atoms with Crippen molar-refractivity contribution in [3.8, 4) is 11.4 Å². The Morgan fingerprint density at radius 2 is 0.743 bits per heavy atom. The fraction of sp³-hybridized carbons (Fsp3) is 0. The number of anilines is 3. The average Bonchev–Trinajstić information content (AvgIpc) is 3.96. The summed E-state index contributed by atoms with van der Waals surface area (Å²) in [5.41, 5.74) is 10.4. The lowest BCUT2D eigenvalue weighted by Crippen LogP contribution is -2.74. The topological polar surface area (TPSA) is 13.1 Å². The molecule has 70 heavy (non-hydrogen) atoms. The van der Waals surface area contributed by atoms with Gasteiger partial charge in [-0.25, -0.2) is 0 Å². The molecule has 0 saturated carbocycles. The molecule has 0 bridgehead atoms. The molecule has 0 radical (unpaired) electrons. The van der Waals surface area contributed by atoms with Crippen LogP contribution in [0.4, 0.5) is 17.1 Å². The second kappa shape index (κ2) is 16.1. The van der Waals surface area contributed by atoms with Crippen LogP contribution < -0.4 is 25.6 Å². The quantitative estimate of drug-likeness (QED) is 0.0799. The second-order valence-electron chi connectivity index (χ2n) is 18.5. The van der Waals surface area contributed by atoms with E-state index in [0.717, 1.165) is 28.4 Å². The summed E-state index contributed by atoms with van der Waals surface area (Å²) < 4.78 is 4.88. The molecule has 0 N–H and O–H groups in total. The molecule has 0 amide bonds. The first-order chi connectivity index (χ1) is 34.7. The first-order valence-corrected chi connectivity index (χ1v) is 26.2. The van der Waals surface area contributed by atoms with Crippen molar-refractivity contribution in [3.05, 3.63) is 273 Å². The maximum atomic E-state index is 2.54. The molecule has 14 aromatic rings. The number of para-hydroxylation sites is 2. The summed E-state index contributed by atoms with van der Waals surface area (Å²) in [5.74, 6) is 0. The molecule has 2 aromatic heterocycles. The molecular formula is C66H45N3Si. The maximum absolute atomic E-state index is 2.85. The van der Waals surface area contributed by atoms with Gasteiger partial charge in [0.15, 0.2) is 8.07 Å². The van der Waals surface area contributed by atoms with E-state index >= 15 is 0 Å². The second-order valence-corrected chi connectivity index (χ2v) is 22.3. The third-order valence-corrected chi connectivity index (χ3v) is 19.5. The van der Waals surface area contributed by atoms with E-state index in [1.807, 2.05) is 0 Å². The Balaban J connectivity index is 1.07. The van der Waals surface area contributed by atoms with Crippen molar-refractivity contribution < 1.29 is 0 Å². The van der Waals surface area contributed by atoms with Gasteiger partial charge in [-0.05, 0) is 116 Å². The van der Waals surface area contributed by atoms with Gasteiger partial charge >= 0.3 is 0 Å². The van der Waals surface area contributed by atoms with Gasteiger partial charge in [0, 0.05) is 49.7 Å². The molecule has 0 saturated heterocycles. The van der Waals surface area contributed by atoms with E-state index < -0.39 is 8.07 Å². The minimum absolute atomic E-state index is 1.10. The van der Waals surface area contributed by atoms with E-state index in [2.05, 4.69) is 287 Å². The van der Waals surface area contributed by atoms with Gasteiger partial charge in [0.25, 0.3) is 0 Å². The lowest BCUT2D eigenvalue weighted by atomic mass is 9.99. The summed E-state index contributed by atoms with van der Waals surface area (Å²) in [4.78, 5) is 2.50. The highest BCUT2D eigenvalue weighted by Gasteiger charge is 2.41. The van der Waals surface area contributed by atoms with Gasteiger partial charge in [-0.3, -0.25) is 0 Å². The van der Waals surface area contributed by atoms with Gasteiger partial charge in [-0.15, -0.1) is 0 Å². The summed E-state index contributed by atoms with van der Waals surface area (Å²) in [5, 5.41) is 15.3. The SMILES string of the molecule is c1ccc(-n2c3ccc(N(c4ccc5ccccc5c4)c4ccc5c6c4ccc4cccc(c46)n5-c4ccccc4)cc3c3cc([Si](c4ccccc4)(c4ccccc4)c4ccccc4)ccc32)cc1. The highest BCUT2D eigenvalue weighted by molar-refractivity contribution is 7.20. The van der Waals surface area contributed by atoms with E-state index in [1.165, 1.54) is 85.9 Å². The van der Waals surface area contributed by atoms with Crippen molar-refractivity contribution in [2.45, 2.75) is 0 Å². The highest BCUT2D eigenvalue weighted by Crippen LogP contribution is 2.47. The molecule has 0 fully saturated rings. The number of hydrogen-bond donors (Lipinski definition) is 0. The van der Waals surface area contributed by atoms with E-state index in [4.69, 9.17) is 0 Å². The molecule has 328 valence electrons. The fourth-order valence-electron chi connectivity index (χ4n) is 11.8. The Labute approximate surface area is 407 Å². The Morgan fingerprint density at radius 1 is 0.271 bits per heavy atom. The van der Waals surface area contributed by atoms with Crippen LogP contribution in [0.25, 0.3) is 76.5 Å². The van der Waals surface area contributed by atoms with Gasteiger partial charge in [-0.1, -0.05) is 194 Å². The van der Waals surface area contributed by atoms with Crippen LogP contribution in [0.15, 0.2) is 273 Å². The predicted octanol–water partition coefficient (Wildman–Crippen LogP) is 14.5. The largest absolute Gasteiger partial charge is 0.310 e. The van der Waals surface area contributed by atoms with Crippen molar-refractivity contribution in [1.82, 2.24) is 9.13 Å². The van der Waals surface area contributed by atoms with Crippen LogP contribution >= 0.6 is 0 Å². The third kappa shape index (κ3) is 6.07. The fourth-order valence-corrected chi connectivity index (χ4v) is 16.5. The van der Waals surface area contributed by atoms with Crippen molar-refractivity contribution in [2.75, 3.05) is 4.90 Å². The van der Waals surface area contributed by atoms with Crippen molar-refractivity contribution in [3.63, 3.8) is 0 Å². The van der Waals surface area contributed by atoms with Crippen molar-refractivity contribution in [1.29, 1.82) is 0 Å². The normalized spacial score (nSPS) is 12.0. The molecular weight excluding hydrogens is 863 g/mol. The smallest absolute Gasteiger partial charge is 0.179 e. The minimum atomic E-state index is -2.85. The zero-order valence-corrected chi connectivity index (χ0v) is 39.3. The number of aromatic nitrogens is 2. The number of nitrogens with zero attached hydrogens (tertiary/aromatic N) is 3. The van der Waals surface area contributed by atoms with E-state index in [0.29, 0.717) is 0 Å². The van der Waals surface area contributed by atoms with Gasteiger partial charge in [0.1, 0.15) is 0 Å². The Bertz CT molecular complexity index is 4120. The van der Waals surface area contributed by atoms with E-state index in [1.54, 1.807) is 0 Å². The molecule has 0 unspecified atom stereocenters. The van der Waals surface area contributed by atoms with Crippen LogP contribution in [0.5, 0.6) is 0 Å². The zero-order chi connectivity index (χ0) is 46.2. The summed E-state index contributed by atoms with van der Waals surface area (Å²) in [6.07, 6.45) is 0. The monoisotopic (exact) mass is 907 g/mol. The summed E-state index contributed by atoms with van der Waals surface area (Å²) in [6.45, 7) is 0. The van der Waals surface area contributed by atoms with Crippen LogP contribution in [-0.4, -0.2) is 17.2 Å². The van der Waals surface area contributed by atoms with Crippen LogP contribution in [-0.2, 0) is 0 Å². The van der Waals surface area contributed by atoms with Gasteiger partial charge in [-0.2, -0.15) is 0 Å². The van der Waals surface area contributed by atoms with Crippen LogP contribution in [0.3, 0.4) is 0 Å². The Kier molecular flexibility index (Phi) is 9.23. The number of hydrogen-bond acceptors (Lipinski definition) is 1. The summed E-state index contributed by atoms with van der Waals surface area (Å²) >= 11 is 0. The first kappa shape index (κ1) is 40.1. The summed E-state index contributed by atoms with van der Waals surface area (Å²) in [7, 11) is -2.85. The highest BCUT2D eigenvalue weighted by atomic mass is 28.3. The van der Waals surface area contributed by atoms with E-state index in [-0.39, 0.29) is 0 Å². The van der Waals surface area contributed by atoms with Crippen LogP contribution in [0.1, 0.15) is 0 Å². The molecule has 0 aliphatic heterocycles. The third-order valence-electron chi connectivity index (χ3n) is 14.8. The van der Waals surface area contributed by atoms with Crippen molar-refractivity contribution >= 4 is 111 Å². The molecule has 0 aliphatic carbocycles. The lowest BCUT2D eigenvalue weighted by molar-refractivity contribution is 1.18.